The zero-order valence-electron chi connectivity index (χ0n) is 15.2. The summed E-state index contributed by atoms with van der Waals surface area (Å²) in [6.45, 7) is 2.75. The highest BCUT2D eigenvalue weighted by atomic mass is 19.1. The van der Waals surface area contributed by atoms with Gasteiger partial charge >= 0.3 is 0 Å². The van der Waals surface area contributed by atoms with Crippen molar-refractivity contribution >= 4 is 11.8 Å². The summed E-state index contributed by atoms with van der Waals surface area (Å²) in [5.74, 6) is 1.41. The van der Waals surface area contributed by atoms with Crippen LogP contribution in [0.1, 0.15) is 18.4 Å². The van der Waals surface area contributed by atoms with E-state index >= 15 is 0 Å². The van der Waals surface area contributed by atoms with Gasteiger partial charge < -0.3 is 10.2 Å². The molecular weight excluding hydrogens is 339 g/mol. The molecule has 1 fully saturated rings. The largest absolute Gasteiger partial charge is 0.370 e. The van der Waals surface area contributed by atoms with Crippen LogP contribution in [-0.4, -0.2) is 29.6 Å². The lowest BCUT2D eigenvalue weighted by Gasteiger charge is -2.18. The van der Waals surface area contributed by atoms with Crippen LogP contribution in [0.25, 0.3) is 11.3 Å². The highest BCUT2D eigenvalue weighted by molar-refractivity contribution is 5.64. The fourth-order valence-electron chi connectivity index (χ4n) is 3.33. The van der Waals surface area contributed by atoms with E-state index in [-0.39, 0.29) is 5.82 Å². The van der Waals surface area contributed by atoms with Crippen LogP contribution < -0.4 is 10.2 Å². The normalized spacial score (nSPS) is 13.7. The molecule has 0 aliphatic carbocycles. The van der Waals surface area contributed by atoms with Crippen LogP contribution in [-0.2, 0) is 6.42 Å². The molecule has 1 N–H and O–H groups in total. The van der Waals surface area contributed by atoms with Crippen LogP contribution >= 0.6 is 0 Å². The number of nitrogens with one attached hydrogen (secondary N) is 1. The zero-order valence-corrected chi connectivity index (χ0v) is 15.2. The lowest BCUT2D eigenvalue weighted by Crippen LogP contribution is -2.21. The fraction of sp³-hybridized carbons (Fsp3) is 0.273. The minimum atomic E-state index is -0.203. The second kappa shape index (κ2) is 8.16. The summed E-state index contributed by atoms with van der Waals surface area (Å²) >= 11 is 0. The minimum Gasteiger partial charge on any atom is -0.370 e. The van der Waals surface area contributed by atoms with Gasteiger partial charge in [-0.05, 0) is 37.0 Å². The van der Waals surface area contributed by atoms with Crippen molar-refractivity contribution in [3.05, 3.63) is 72.0 Å². The van der Waals surface area contributed by atoms with Crippen molar-refractivity contribution in [1.82, 2.24) is 9.97 Å². The van der Waals surface area contributed by atoms with Crippen LogP contribution in [0, 0.1) is 5.82 Å². The minimum absolute atomic E-state index is 0.203. The SMILES string of the molecule is Fc1ccc(CCNc2cc(-c3ccccc3)nc(N3CCCC3)n2)cc1. The van der Waals surface area contributed by atoms with Crippen LogP contribution in [0.15, 0.2) is 60.7 Å². The van der Waals surface area contributed by atoms with E-state index in [4.69, 9.17) is 9.97 Å². The first kappa shape index (κ1) is 17.5. The molecule has 2 aromatic carbocycles. The topological polar surface area (TPSA) is 41.1 Å². The summed E-state index contributed by atoms with van der Waals surface area (Å²) < 4.78 is 13.0. The molecule has 0 radical (unpaired) electrons. The van der Waals surface area contributed by atoms with Crippen molar-refractivity contribution in [3.8, 4) is 11.3 Å². The molecule has 0 unspecified atom stereocenters. The number of hydrogen-bond donors (Lipinski definition) is 1. The van der Waals surface area contributed by atoms with Crippen LogP contribution in [0.3, 0.4) is 0 Å². The molecular formula is C22H23FN4. The number of halogens is 1. The molecule has 1 aliphatic rings. The molecule has 27 heavy (non-hydrogen) atoms. The quantitative estimate of drug-likeness (QED) is 0.699. The second-order valence-electron chi connectivity index (χ2n) is 6.80. The maximum absolute atomic E-state index is 13.0. The Morgan fingerprint density at radius 1 is 0.926 bits per heavy atom. The lowest BCUT2D eigenvalue weighted by molar-refractivity contribution is 0.627. The number of nitrogens with zero attached hydrogens (tertiary/aromatic N) is 3. The Hall–Kier alpha value is -2.95. The summed E-state index contributed by atoms with van der Waals surface area (Å²) in [5.41, 5.74) is 3.11. The summed E-state index contributed by atoms with van der Waals surface area (Å²) in [5, 5.41) is 3.41. The number of aromatic nitrogens is 2. The predicted molar refractivity (Wildman–Crippen MR) is 108 cm³/mol. The van der Waals surface area contributed by atoms with Gasteiger partial charge in [0.2, 0.25) is 5.95 Å². The third-order valence-corrected chi connectivity index (χ3v) is 4.81. The molecule has 2 heterocycles. The highest BCUT2D eigenvalue weighted by Crippen LogP contribution is 2.24. The van der Waals surface area contributed by atoms with Gasteiger partial charge in [0.1, 0.15) is 11.6 Å². The first-order chi connectivity index (χ1) is 13.3. The molecule has 5 heteroatoms. The molecule has 0 spiro atoms. The Morgan fingerprint density at radius 2 is 1.67 bits per heavy atom. The molecule has 4 nitrogen and oxygen atoms in total. The van der Waals surface area contributed by atoms with E-state index in [0.29, 0.717) is 0 Å². The summed E-state index contributed by atoms with van der Waals surface area (Å²) in [4.78, 5) is 11.8. The van der Waals surface area contributed by atoms with Gasteiger partial charge in [-0.2, -0.15) is 4.98 Å². The zero-order chi connectivity index (χ0) is 18.5. The van der Waals surface area contributed by atoms with Crippen molar-refractivity contribution in [2.45, 2.75) is 19.3 Å². The number of benzene rings is 2. The smallest absolute Gasteiger partial charge is 0.227 e. The number of anilines is 2. The van der Waals surface area contributed by atoms with Crippen molar-refractivity contribution in [1.29, 1.82) is 0 Å². The van der Waals surface area contributed by atoms with E-state index in [1.54, 1.807) is 0 Å². The van der Waals surface area contributed by atoms with Gasteiger partial charge in [0.25, 0.3) is 0 Å². The van der Waals surface area contributed by atoms with E-state index < -0.39 is 0 Å². The van der Waals surface area contributed by atoms with E-state index in [9.17, 15) is 4.39 Å². The standard InChI is InChI=1S/C22H23FN4/c23-19-10-8-17(9-11-19)12-13-24-21-16-20(18-6-2-1-3-7-18)25-22(26-21)27-14-4-5-15-27/h1-3,6-11,16H,4-5,12-15H2,(H,24,25,26). The van der Waals surface area contributed by atoms with Crippen LogP contribution in [0.2, 0.25) is 0 Å². The fourth-order valence-corrected chi connectivity index (χ4v) is 3.33. The maximum Gasteiger partial charge on any atom is 0.227 e. The summed E-state index contributed by atoms with van der Waals surface area (Å²) in [6, 6.07) is 18.8. The average Bonchev–Trinajstić information content (AvgIpc) is 3.25. The van der Waals surface area contributed by atoms with Gasteiger partial charge in [0, 0.05) is 31.3 Å². The third-order valence-electron chi connectivity index (χ3n) is 4.81. The third kappa shape index (κ3) is 4.42. The molecule has 1 aromatic heterocycles. The Morgan fingerprint density at radius 3 is 2.41 bits per heavy atom. The maximum atomic E-state index is 13.0. The summed E-state index contributed by atoms with van der Waals surface area (Å²) in [7, 11) is 0. The molecule has 0 saturated carbocycles. The van der Waals surface area contributed by atoms with E-state index in [0.717, 1.165) is 54.6 Å². The van der Waals surface area contributed by atoms with Gasteiger partial charge in [-0.15, -0.1) is 0 Å². The molecule has 0 atom stereocenters. The number of hydrogen-bond acceptors (Lipinski definition) is 4. The van der Waals surface area contributed by atoms with Crippen molar-refractivity contribution in [3.63, 3.8) is 0 Å². The van der Waals surface area contributed by atoms with Crippen molar-refractivity contribution < 1.29 is 4.39 Å². The first-order valence-electron chi connectivity index (χ1n) is 9.46. The number of rotatable bonds is 6. The summed E-state index contributed by atoms with van der Waals surface area (Å²) in [6.07, 6.45) is 3.18. The highest BCUT2D eigenvalue weighted by Gasteiger charge is 2.17. The van der Waals surface area contributed by atoms with Gasteiger partial charge in [-0.3, -0.25) is 0 Å². The van der Waals surface area contributed by atoms with E-state index in [1.807, 2.05) is 36.4 Å². The van der Waals surface area contributed by atoms with Gasteiger partial charge in [0.05, 0.1) is 5.69 Å². The van der Waals surface area contributed by atoms with Crippen LogP contribution in [0.5, 0.6) is 0 Å². The molecule has 0 amide bonds. The first-order valence-corrected chi connectivity index (χ1v) is 9.46. The molecule has 3 aromatic rings. The van der Waals surface area contributed by atoms with Crippen molar-refractivity contribution in [2.75, 3.05) is 29.9 Å². The van der Waals surface area contributed by atoms with Gasteiger partial charge in [-0.25, -0.2) is 9.37 Å². The predicted octanol–water partition coefficient (Wildman–Crippen LogP) is 4.54. The van der Waals surface area contributed by atoms with E-state index in [1.165, 1.54) is 25.0 Å². The monoisotopic (exact) mass is 362 g/mol. The molecule has 0 bridgehead atoms. The Bertz CT molecular complexity index is 875. The molecule has 4 rings (SSSR count). The Labute approximate surface area is 159 Å². The molecule has 1 aliphatic heterocycles. The lowest BCUT2D eigenvalue weighted by atomic mass is 10.1. The van der Waals surface area contributed by atoms with Crippen LogP contribution in [0.4, 0.5) is 16.2 Å². The Kier molecular flexibility index (Phi) is 5.28. The Balaban J connectivity index is 1.53. The van der Waals surface area contributed by atoms with E-state index in [2.05, 4.69) is 22.3 Å². The second-order valence-corrected chi connectivity index (χ2v) is 6.80. The molecule has 138 valence electrons. The van der Waals surface area contributed by atoms with Gasteiger partial charge in [0.15, 0.2) is 0 Å². The van der Waals surface area contributed by atoms with Gasteiger partial charge in [-0.1, -0.05) is 42.5 Å². The molecule has 1 saturated heterocycles. The average molecular weight is 362 g/mol. The van der Waals surface area contributed by atoms with Crippen molar-refractivity contribution in [2.24, 2.45) is 0 Å².